The Labute approximate surface area is 135 Å². The van der Waals surface area contributed by atoms with Gasteiger partial charge in [-0.25, -0.2) is 4.39 Å². The largest absolute Gasteiger partial charge is 0.387 e. The first-order valence-corrected chi connectivity index (χ1v) is 7.81. The van der Waals surface area contributed by atoms with Gasteiger partial charge in [-0.15, -0.1) is 0 Å². The van der Waals surface area contributed by atoms with Gasteiger partial charge in [-0.05, 0) is 37.0 Å². The molecule has 1 amide bonds. The Morgan fingerprint density at radius 1 is 1.22 bits per heavy atom. The fourth-order valence-corrected chi connectivity index (χ4v) is 3.02. The summed E-state index contributed by atoms with van der Waals surface area (Å²) in [4.78, 5) is 12.5. The van der Waals surface area contributed by atoms with Gasteiger partial charge in [0.15, 0.2) is 0 Å². The number of aliphatic hydroxyl groups excluding tert-OH is 1. The molecule has 1 fully saturated rings. The highest BCUT2D eigenvalue weighted by Crippen LogP contribution is 2.49. The lowest BCUT2D eigenvalue weighted by Gasteiger charge is -2.19. The van der Waals surface area contributed by atoms with Crippen molar-refractivity contribution < 1.29 is 14.3 Å². The SMILES string of the molecule is Cc1ccccc1C(O)CNC(=O)C1(c2ccccc2F)CC1. The van der Waals surface area contributed by atoms with E-state index >= 15 is 0 Å². The van der Waals surface area contributed by atoms with Crippen molar-refractivity contribution in [3.8, 4) is 0 Å². The van der Waals surface area contributed by atoms with E-state index in [1.807, 2.05) is 31.2 Å². The second-order valence-electron chi connectivity index (χ2n) is 6.14. The molecule has 0 bridgehead atoms. The monoisotopic (exact) mass is 313 g/mol. The lowest BCUT2D eigenvalue weighted by Crippen LogP contribution is -2.37. The van der Waals surface area contributed by atoms with Crippen molar-refractivity contribution in [1.82, 2.24) is 5.32 Å². The molecular weight excluding hydrogens is 293 g/mol. The number of benzene rings is 2. The molecule has 0 spiro atoms. The molecule has 0 heterocycles. The standard InChI is InChI=1S/C19H20FNO2/c1-13-6-2-3-7-14(13)17(22)12-21-18(23)19(10-11-19)15-8-4-5-9-16(15)20/h2-9,17,22H,10-12H2,1H3,(H,21,23). The minimum absolute atomic E-state index is 0.125. The lowest BCUT2D eigenvalue weighted by molar-refractivity contribution is -0.124. The van der Waals surface area contributed by atoms with Gasteiger partial charge in [-0.3, -0.25) is 4.79 Å². The van der Waals surface area contributed by atoms with Crippen molar-refractivity contribution in [2.24, 2.45) is 0 Å². The van der Waals surface area contributed by atoms with Crippen LogP contribution < -0.4 is 5.32 Å². The minimum atomic E-state index is -0.767. The topological polar surface area (TPSA) is 49.3 Å². The Morgan fingerprint density at radius 2 is 1.87 bits per heavy atom. The molecule has 0 aromatic heterocycles. The molecule has 0 radical (unpaired) electrons. The van der Waals surface area contributed by atoms with E-state index < -0.39 is 11.5 Å². The molecule has 1 aliphatic carbocycles. The van der Waals surface area contributed by atoms with Gasteiger partial charge in [-0.2, -0.15) is 0 Å². The summed E-state index contributed by atoms with van der Waals surface area (Å²) in [7, 11) is 0. The van der Waals surface area contributed by atoms with E-state index in [1.54, 1.807) is 18.2 Å². The number of amides is 1. The van der Waals surface area contributed by atoms with Gasteiger partial charge in [0.2, 0.25) is 5.91 Å². The van der Waals surface area contributed by atoms with Gasteiger partial charge < -0.3 is 10.4 Å². The molecule has 2 N–H and O–H groups in total. The summed E-state index contributed by atoms with van der Waals surface area (Å²) in [5.41, 5.74) is 1.45. The predicted octanol–water partition coefficient (Wildman–Crippen LogP) is 3.02. The van der Waals surface area contributed by atoms with Crippen molar-refractivity contribution in [2.75, 3.05) is 6.54 Å². The number of aryl methyl sites for hydroxylation is 1. The minimum Gasteiger partial charge on any atom is -0.387 e. The highest BCUT2D eigenvalue weighted by Gasteiger charge is 2.52. The Morgan fingerprint density at radius 3 is 2.52 bits per heavy atom. The highest BCUT2D eigenvalue weighted by atomic mass is 19.1. The van der Waals surface area contributed by atoms with Crippen LogP contribution >= 0.6 is 0 Å². The number of rotatable bonds is 5. The molecule has 1 unspecified atom stereocenters. The summed E-state index contributed by atoms with van der Waals surface area (Å²) in [6.07, 6.45) is 0.511. The van der Waals surface area contributed by atoms with Gasteiger partial charge in [0.1, 0.15) is 5.82 Å². The first kappa shape index (κ1) is 15.7. The first-order chi connectivity index (χ1) is 11.0. The number of hydrogen-bond donors (Lipinski definition) is 2. The van der Waals surface area contributed by atoms with Crippen LogP contribution in [0.4, 0.5) is 4.39 Å². The number of carbonyl (C=O) groups excluding carboxylic acids is 1. The smallest absolute Gasteiger partial charge is 0.230 e. The Hall–Kier alpha value is -2.20. The normalized spacial score (nSPS) is 16.7. The van der Waals surface area contributed by atoms with E-state index in [2.05, 4.69) is 5.32 Å². The number of carbonyl (C=O) groups is 1. The molecule has 120 valence electrons. The molecule has 3 rings (SSSR count). The van der Waals surface area contributed by atoms with Crippen molar-refractivity contribution in [3.63, 3.8) is 0 Å². The summed E-state index contributed by atoms with van der Waals surface area (Å²) >= 11 is 0. The van der Waals surface area contributed by atoms with Crippen LogP contribution in [0.1, 0.15) is 35.6 Å². The number of hydrogen-bond acceptors (Lipinski definition) is 2. The maximum absolute atomic E-state index is 14.0. The van der Waals surface area contributed by atoms with E-state index in [9.17, 15) is 14.3 Å². The van der Waals surface area contributed by atoms with Crippen LogP contribution in [0.2, 0.25) is 0 Å². The zero-order valence-electron chi connectivity index (χ0n) is 13.1. The average Bonchev–Trinajstić information content (AvgIpc) is 3.35. The van der Waals surface area contributed by atoms with Crippen molar-refractivity contribution in [2.45, 2.75) is 31.3 Å². The molecule has 3 nitrogen and oxygen atoms in total. The summed E-state index contributed by atoms with van der Waals surface area (Å²) < 4.78 is 14.0. The molecule has 2 aromatic carbocycles. The van der Waals surface area contributed by atoms with E-state index in [-0.39, 0.29) is 18.3 Å². The molecule has 1 atom stereocenters. The van der Waals surface area contributed by atoms with E-state index in [4.69, 9.17) is 0 Å². The van der Waals surface area contributed by atoms with Gasteiger partial charge in [-0.1, -0.05) is 42.5 Å². The van der Waals surface area contributed by atoms with Gasteiger partial charge in [0.25, 0.3) is 0 Å². The fourth-order valence-electron chi connectivity index (χ4n) is 3.02. The predicted molar refractivity (Wildman–Crippen MR) is 86.5 cm³/mol. The van der Waals surface area contributed by atoms with Crippen LogP contribution in [-0.2, 0) is 10.2 Å². The van der Waals surface area contributed by atoms with Gasteiger partial charge in [0, 0.05) is 12.1 Å². The van der Waals surface area contributed by atoms with Crippen LogP contribution in [-0.4, -0.2) is 17.6 Å². The fraction of sp³-hybridized carbons (Fsp3) is 0.316. The van der Waals surface area contributed by atoms with E-state index in [0.717, 1.165) is 11.1 Å². The molecule has 0 aliphatic heterocycles. The summed E-state index contributed by atoms with van der Waals surface area (Å²) in [6.45, 7) is 2.04. The summed E-state index contributed by atoms with van der Waals surface area (Å²) in [6, 6.07) is 13.9. The second-order valence-corrected chi connectivity index (χ2v) is 6.14. The third-order valence-electron chi connectivity index (χ3n) is 4.58. The van der Waals surface area contributed by atoms with Crippen molar-refractivity contribution in [1.29, 1.82) is 0 Å². The third-order valence-corrected chi connectivity index (χ3v) is 4.58. The number of nitrogens with one attached hydrogen (secondary N) is 1. The Balaban J connectivity index is 1.68. The average molecular weight is 313 g/mol. The van der Waals surface area contributed by atoms with Crippen LogP contribution in [0.15, 0.2) is 48.5 Å². The lowest BCUT2D eigenvalue weighted by atomic mass is 9.94. The maximum Gasteiger partial charge on any atom is 0.230 e. The molecule has 0 saturated heterocycles. The Kier molecular flexibility index (Phi) is 4.18. The van der Waals surface area contributed by atoms with Crippen LogP contribution in [0.25, 0.3) is 0 Å². The number of aliphatic hydroxyl groups is 1. The third kappa shape index (κ3) is 2.99. The quantitative estimate of drug-likeness (QED) is 0.891. The second kappa shape index (κ2) is 6.13. The molecule has 2 aromatic rings. The van der Waals surface area contributed by atoms with Gasteiger partial charge in [0.05, 0.1) is 11.5 Å². The highest BCUT2D eigenvalue weighted by molar-refractivity contribution is 5.91. The number of halogens is 1. The van der Waals surface area contributed by atoms with Crippen LogP contribution in [0.3, 0.4) is 0 Å². The molecule has 23 heavy (non-hydrogen) atoms. The first-order valence-electron chi connectivity index (χ1n) is 7.81. The summed E-state index contributed by atoms with van der Waals surface area (Å²) in [5, 5.41) is 13.1. The van der Waals surface area contributed by atoms with Crippen molar-refractivity contribution >= 4 is 5.91 Å². The van der Waals surface area contributed by atoms with Crippen LogP contribution in [0, 0.1) is 12.7 Å². The van der Waals surface area contributed by atoms with Gasteiger partial charge >= 0.3 is 0 Å². The molecular formula is C19H20FNO2. The maximum atomic E-state index is 14.0. The molecule has 1 saturated carbocycles. The van der Waals surface area contributed by atoms with E-state index in [0.29, 0.717) is 18.4 Å². The molecule has 1 aliphatic rings. The van der Waals surface area contributed by atoms with E-state index in [1.165, 1.54) is 6.07 Å². The Bertz CT molecular complexity index is 725. The van der Waals surface area contributed by atoms with Crippen LogP contribution in [0.5, 0.6) is 0 Å². The molecule has 4 heteroatoms. The zero-order valence-corrected chi connectivity index (χ0v) is 13.1. The zero-order chi connectivity index (χ0) is 16.4. The van der Waals surface area contributed by atoms with Crippen molar-refractivity contribution in [3.05, 3.63) is 71.0 Å². The summed E-state index contributed by atoms with van der Waals surface area (Å²) in [5.74, 6) is -0.560.